The Bertz CT molecular complexity index is 1090. The Labute approximate surface area is 187 Å². The van der Waals surface area contributed by atoms with Gasteiger partial charge in [-0.3, -0.25) is 14.2 Å². The monoisotopic (exact) mass is 523 g/mol. The van der Waals surface area contributed by atoms with Gasteiger partial charge in [0.2, 0.25) is 0 Å². The molecule has 32 heavy (non-hydrogen) atoms. The van der Waals surface area contributed by atoms with Gasteiger partial charge in [0, 0.05) is 30.7 Å². The van der Waals surface area contributed by atoms with Crippen LogP contribution in [0.5, 0.6) is 0 Å². The summed E-state index contributed by atoms with van der Waals surface area (Å²) < 4.78 is 47.8. The third-order valence-electron chi connectivity index (χ3n) is 4.47. The van der Waals surface area contributed by atoms with E-state index >= 15 is 0 Å². The molecular weight excluding hydrogens is 506 g/mol. The predicted molar refractivity (Wildman–Crippen MR) is 109 cm³/mol. The highest BCUT2D eigenvalue weighted by atomic mass is 79.9. The Morgan fingerprint density at radius 3 is 2.41 bits per heavy atom. The van der Waals surface area contributed by atoms with E-state index in [-0.39, 0.29) is 36.1 Å². The van der Waals surface area contributed by atoms with E-state index in [1.54, 1.807) is 6.07 Å². The molecule has 3 N–H and O–H groups in total. The summed E-state index contributed by atoms with van der Waals surface area (Å²) in [5.74, 6) is -3.30. The smallest absolute Gasteiger partial charge is 0.475 e. The topological polar surface area (TPSA) is 112 Å². The number of carboxylic acids is 1. The van der Waals surface area contributed by atoms with Crippen LogP contribution >= 0.6 is 15.9 Å². The van der Waals surface area contributed by atoms with E-state index in [0.29, 0.717) is 28.6 Å². The Kier molecular flexibility index (Phi) is 8.02. The summed E-state index contributed by atoms with van der Waals surface area (Å²) in [5.41, 5.74) is 0.854. The van der Waals surface area contributed by atoms with E-state index in [4.69, 9.17) is 15.0 Å². The summed E-state index contributed by atoms with van der Waals surface area (Å²) in [6, 6.07) is 5.93. The number of pyridine rings is 1. The zero-order valence-corrected chi connectivity index (χ0v) is 18.1. The number of amides is 1. The van der Waals surface area contributed by atoms with Crippen LogP contribution in [0.15, 0.2) is 33.5 Å². The van der Waals surface area contributed by atoms with Gasteiger partial charge in [-0.1, -0.05) is 15.9 Å². The number of carbonyl (C=O) groups is 2. The third-order valence-corrected chi connectivity index (χ3v) is 4.96. The van der Waals surface area contributed by atoms with Crippen molar-refractivity contribution in [2.24, 2.45) is 7.05 Å². The lowest BCUT2D eigenvalue weighted by Gasteiger charge is -2.30. The number of benzene rings is 1. The molecule has 2 heterocycles. The average molecular weight is 524 g/mol. The predicted octanol–water partition coefficient (Wildman–Crippen LogP) is 2.65. The SMILES string of the molecule is Cn1c(Nc2ccc(Br)cc2F)c2c(cc1=O)CCN(CCO)C2=O.O=C(O)C(F)(F)F. The molecule has 0 aliphatic carbocycles. The standard InChI is InChI=1S/C17H17BrFN3O3.C2HF3O2/c1-21-14(24)8-10-4-5-22(6-7-23)17(25)15(10)16(21)20-13-3-2-11(18)9-12(13)19;3-2(4,5)1(6)7/h2-3,8-9,20,23H,4-7H2,1H3;(H,6,7). The number of nitrogens with one attached hydrogen (secondary N) is 1. The summed E-state index contributed by atoms with van der Waals surface area (Å²) in [4.78, 5) is 35.4. The van der Waals surface area contributed by atoms with Crippen LogP contribution < -0.4 is 10.9 Å². The van der Waals surface area contributed by atoms with Crippen molar-refractivity contribution in [1.82, 2.24) is 9.47 Å². The summed E-state index contributed by atoms with van der Waals surface area (Å²) in [6.45, 7) is 0.510. The molecule has 2 aromatic rings. The number of β-amino-alcohol motifs (C(OH)–C–C–N with tert-alkyl or cyclic N) is 1. The molecule has 1 aromatic carbocycles. The second-order valence-corrected chi connectivity index (χ2v) is 7.52. The molecule has 1 amide bonds. The molecule has 174 valence electrons. The van der Waals surface area contributed by atoms with Gasteiger partial charge in [-0.2, -0.15) is 13.2 Å². The highest BCUT2D eigenvalue weighted by Crippen LogP contribution is 2.29. The van der Waals surface area contributed by atoms with Crippen molar-refractivity contribution in [3.8, 4) is 0 Å². The molecule has 0 atom stereocenters. The van der Waals surface area contributed by atoms with Crippen molar-refractivity contribution < 1.29 is 37.4 Å². The van der Waals surface area contributed by atoms with Gasteiger partial charge in [0.15, 0.2) is 0 Å². The molecule has 0 bridgehead atoms. The quantitative estimate of drug-likeness (QED) is 0.531. The van der Waals surface area contributed by atoms with Crippen molar-refractivity contribution in [2.45, 2.75) is 12.6 Å². The van der Waals surface area contributed by atoms with Gasteiger partial charge in [0.05, 0.1) is 17.9 Å². The van der Waals surface area contributed by atoms with Crippen LogP contribution in [0.3, 0.4) is 0 Å². The summed E-state index contributed by atoms with van der Waals surface area (Å²) >= 11 is 3.20. The lowest BCUT2D eigenvalue weighted by atomic mass is 9.99. The van der Waals surface area contributed by atoms with E-state index in [1.807, 2.05) is 0 Å². The largest absolute Gasteiger partial charge is 0.490 e. The van der Waals surface area contributed by atoms with Crippen LogP contribution in [0.25, 0.3) is 0 Å². The van der Waals surface area contributed by atoms with E-state index in [0.717, 1.165) is 0 Å². The minimum atomic E-state index is -5.08. The van der Waals surface area contributed by atoms with E-state index in [2.05, 4.69) is 21.2 Å². The van der Waals surface area contributed by atoms with Crippen LogP contribution in [0.1, 0.15) is 15.9 Å². The first-order valence-corrected chi connectivity index (χ1v) is 9.81. The number of nitrogens with zero attached hydrogens (tertiary/aromatic N) is 2. The lowest BCUT2D eigenvalue weighted by Crippen LogP contribution is -2.41. The molecule has 1 aliphatic rings. The van der Waals surface area contributed by atoms with E-state index in [1.165, 1.54) is 34.7 Å². The number of fused-ring (bicyclic) bond motifs is 1. The van der Waals surface area contributed by atoms with Crippen molar-refractivity contribution in [3.05, 3.63) is 56.0 Å². The lowest BCUT2D eigenvalue weighted by molar-refractivity contribution is -0.192. The van der Waals surface area contributed by atoms with Gasteiger partial charge >= 0.3 is 12.1 Å². The van der Waals surface area contributed by atoms with Crippen LogP contribution in [0.4, 0.5) is 29.1 Å². The first-order valence-electron chi connectivity index (χ1n) is 9.02. The van der Waals surface area contributed by atoms with Crippen LogP contribution in [-0.4, -0.2) is 57.4 Å². The van der Waals surface area contributed by atoms with Gasteiger partial charge in [0.1, 0.15) is 11.6 Å². The highest BCUT2D eigenvalue weighted by molar-refractivity contribution is 9.10. The number of carboxylic acid groups (broad SMARTS) is 1. The average Bonchev–Trinajstić information content (AvgIpc) is 2.69. The number of anilines is 2. The first kappa shape index (κ1) is 25.3. The number of alkyl halides is 3. The molecule has 0 spiro atoms. The normalized spacial score (nSPS) is 13.2. The zero-order chi connectivity index (χ0) is 24.2. The molecular formula is C19H18BrF4N3O5. The van der Waals surface area contributed by atoms with Crippen molar-refractivity contribution in [1.29, 1.82) is 0 Å². The number of aliphatic carboxylic acids is 1. The minimum Gasteiger partial charge on any atom is -0.475 e. The maximum absolute atomic E-state index is 14.2. The van der Waals surface area contributed by atoms with Crippen molar-refractivity contribution in [3.63, 3.8) is 0 Å². The molecule has 0 unspecified atom stereocenters. The number of rotatable bonds is 4. The van der Waals surface area contributed by atoms with Crippen LogP contribution in [0, 0.1) is 5.82 Å². The van der Waals surface area contributed by atoms with Gasteiger partial charge in [-0.05, 0) is 30.2 Å². The second kappa shape index (κ2) is 10.1. The Balaban J connectivity index is 0.000000451. The molecule has 13 heteroatoms. The fraction of sp³-hybridized carbons (Fsp3) is 0.316. The summed E-state index contributed by atoms with van der Waals surface area (Å²) in [5, 5.41) is 19.1. The van der Waals surface area contributed by atoms with Gasteiger partial charge in [-0.25, -0.2) is 9.18 Å². The van der Waals surface area contributed by atoms with Crippen LogP contribution in [-0.2, 0) is 18.3 Å². The number of aliphatic hydroxyl groups is 1. The number of aromatic nitrogens is 1. The number of hydrogen-bond acceptors (Lipinski definition) is 5. The maximum Gasteiger partial charge on any atom is 0.490 e. The third kappa shape index (κ3) is 5.85. The molecule has 0 fully saturated rings. The van der Waals surface area contributed by atoms with Gasteiger partial charge in [0.25, 0.3) is 11.5 Å². The number of halogens is 5. The number of hydrogen-bond donors (Lipinski definition) is 3. The molecule has 0 saturated carbocycles. The van der Waals surface area contributed by atoms with Crippen molar-refractivity contribution in [2.75, 3.05) is 25.0 Å². The fourth-order valence-electron chi connectivity index (χ4n) is 2.90. The van der Waals surface area contributed by atoms with E-state index < -0.39 is 18.0 Å². The minimum absolute atomic E-state index is 0.142. The highest BCUT2D eigenvalue weighted by Gasteiger charge is 2.38. The fourth-order valence-corrected chi connectivity index (χ4v) is 3.23. The first-order chi connectivity index (χ1) is 14.9. The molecule has 0 radical (unpaired) electrons. The summed E-state index contributed by atoms with van der Waals surface area (Å²) in [6.07, 6.45) is -4.57. The Morgan fingerprint density at radius 2 is 1.88 bits per heavy atom. The van der Waals surface area contributed by atoms with Gasteiger partial charge < -0.3 is 20.4 Å². The van der Waals surface area contributed by atoms with Crippen molar-refractivity contribution >= 4 is 39.3 Å². The zero-order valence-electron chi connectivity index (χ0n) is 16.5. The molecule has 8 nitrogen and oxygen atoms in total. The number of carbonyl (C=O) groups excluding carboxylic acids is 1. The van der Waals surface area contributed by atoms with Crippen LogP contribution in [0.2, 0.25) is 0 Å². The number of aliphatic hydroxyl groups excluding tert-OH is 1. The molecule has 3 rings (SSSR count). The molecule has 1 aromatic heterocycles. The molecule has 0 saturated heterocycles. The van der Waals surface area contributed by atoms with Gasteiger partial charge in [-0.15, -0.1) is 0 Å². The summed E-state index contributed by atoms with van der Waals surface area (Å²) in [7, 11) is 1.53. The maximum atomic E-state index is 14.2. The Hall–Kier alpha value is -2.93. The molecule has 1 aliphatic heterocycles. The second-order valence-electron chi connectivity index (χ2n) is 6.61. The van der Waals surface area contributed by atoms with E-state index in [9.17, 15) is 27.2 Å². The Morgan fingerprint density at radius 1 is 1.25 bits per heavy atom.